The predicted octanol–water partition coefficient (Wildman–Crippen LogP) is 2.30. The smallest absolute Gasteiger partial charge is 0.410 e. The quantitative estimate of drug-likeness (QED) is 0.638. The first-order chi connectivity index (χ1) is 8.56. The van der Waals surface area contributed by atoms with Crippen molar-refractivity contribution in [2.45, 2.75) is 31.2 Å². The van der Waals surface area contributed by atoms with Crippen molar-refractivity contribution >= 4 is 24.4 Å². The molecule has 2 N–H and O–H groups in total. The van der Waals surface area contributed by atoms with Crippen molar-refractivity contribution < 1.29 is 9.53 Å². The average molecular weight is 266 g/mol. The lowest BCUT2D eigenvalue weighted by Gasteiger charge is -2.20. The van der Waals surface area contributed by atoms with Gasteiger partial charge in [-0.05, 0) is 31.0 Å². The van der Waals surface area contributed by atoms with E-state index < -0.39 is 0 Å². The number of carbonyl (C=O) groups excluding carboxylic acids is 1. The molecule has 1 amide bonds. The number of carbonyl (C=O) groups is 1. The first-order valence-electron chi connectivity index (χ1n) is 6.02. The van der Waals surface area contributed by atoms with Gasteiger partial charge in [0.05, 0.1) is 0 Å². The van der Waals surface area contributed by atoms with Gasteiger partial charge in [-0.3, -0.25) is 0 Å². The van der Waals surface area contributed by atoms with Crippen LogP contribution in [0.3, 0.4) is 0 Å². The number of benzene rings is 1. The second-order valence-corrected chi connectivity index (χ2v) is 5.42. The molecular formula is C13H18N2O2S. The second-order valence-electron chi connectivity index (χ2n) is 4.69. The van der Waals surface area contributed by atoms with Gasteiger partial charge in [0.15, 0.2) is 0 Å². The molecule has 2 atom stereocenters. The molecule has 1 aromatic carbocycles. The van der Waals surface area contributed by atoms with Crippen molar-refractivity contribution in [3.05, 3.63) is 29.8 Å². The highest BCUT2D eigenvalue weighted by molar-refractivity contribution is 7.81. The van der Waals surface area contributed by atoms with E-state index in [0.717, 1.165) is 12.0 Å². The molecule has 4 nitrogen and oxygen atoms in total. The number of hydrogen-bond donors (Lipinski definition) is 2. The number of amides is 1. The molecule has 0 saturated carbocycles. The molecule has 1 saturated heterocycles. The molecule has 0 aromatic heterocycles. The van der Waals surface area contributed by atoms with E-state index in [4.69, 9.17) is 10.5 Å². The molecule has 1 aromatic rings. The van der Waals surface area contributed by atoms with Crippen LogP contribution in [0.25, 0.3) is 0 Å². The maximum Gasteiger partial charge on any atom is 0.410 e. The summed E-state index contributed by atoms with van der Waals surface area (Å²) >= 11 is 4.39. The van der Waals surface area contributed by atoms with Crippen LogP contribution in [0, 0.1) is 0 Å². The van der Waals surface area contributed by atoms with E-state index in [1.165, 1.54) is 0 Å². The van der Waals surface area contributed by atoms with Crippen molar-refractivity contribution in [3.8, 4) is 0 Å². The Kier molecular flexibility index (Phi) is 4.01. The first-order valence-corrected chi connectivity index (χ1v) is 6.54. The molecular weight excluding hydrogens is 248 g/mol. The maximum absolute atomic E-state index is 11.9. The summed E-state index contributed by atoms with van der Waals surface area (Å²) in [7, 11) is 0. The summed E-state index contributed by atoms with van der Waals surface area (Å²) in [6.07, 6.45) is 0.649. The van der Waals surface area contributed by atoms with Crippen molar-refractivity contribution in [2.24, 2.45) is 0 Å². The van der Waals surface area contributed by atoms with Crippen molar-refractivity contribution in [1.82, 2.24) is 4.90 Å². The van der Waals surface area contributed by atoms with Gasteiger partial charge in [-0.2, -0.15) is 12.6 Å². The van der Waals surface area contributed by atoms with Crippen LogP contribution in [-0.2, 0) is 11.3 Å². The highest BCUT2D eigenvalue weighted by Crippen LogP contribution is 2.22. The van der Waals surface area contributed by atoms with E-state index in [-0.39, 0.29) is 24.0 Å². The zero-order valence-electron chi connectivity index (χ0n) is 10.4. The van der Waals surface area contributed by atoms with Gasteiger partial charge in [-0.1, -0.05) is 12.1 Å². The van der Waals surface area contributed by atoms with Gasteiger partial charge >= 0.3 is 6.09 Å². The lowest BCUT2D eigenvalue weighted by Crippen LogP contribution is -2.34. The van der Waals surface area contributed by atoms with Crippen LogP contribution in [0.5, 0.6) is 0 Å². The molecule has 0 aliphatic carbocycles. The fourth-order valence-electron chi connectivity index (χ4n) is 2.10. The Morgan fingerprint density at radius 2 is 2.17 bits per heavy atom. The third kappa shape index (κ3) is 3.10. The number of hydrogen-bond acceptors (Lipinski definition) is 4. The summed E-state index contributed by atoms with van der Waals surface area (Å²) in [5.41, 5.74) is 7.23. The second kappa shape index (κ2) is 5.52. The summed E-state index contributed by atoms with van der Waals surface area (Å²) < 4.78 is 5.28. The molecule has 2 unspecified atom stereocenters. The molecule has 1 fully saturated rings. The van der Waals surface area contributed by atoms with E-state index in [0.29, 0.717) is 12.2 Å². The largest absolute Gasteiger partial charge is 0.445 e. The van der Waals surface area contributed by atoms with Gasteiger partial charge in [0.25, 0.3) is 0 Å². The molecule has 5 heteroatoms. The van der Waals surface area contributed by atoms with Gasteiger partial charge in [0, 0.05) is 23.5 Å². The monoisotopic (exact) mass is 266 g/mol. The minimum atomic E-state index is -0.268. The van der Waals surface area contributed by atoms with Crippen molar-refractivity contribution in [2.75, 3.05) is 12.3 Å². The Bertz CT molecular complexity index is 422. The Hall–Kier alpha value is -1.36. The van der Waals surface area contributed by atoms with Crippen molar-refractivity contribution in [3.63, 3.8) is 0 Å². The molecule has 1 heterocycles. The Morgan fingerprint density at radius 1 is 1.50 bits per heavy atom. The standard InChI is InChI=1S/C13H18N2O2S/c1-9-6-12(18)7-15(9)13(16)17-8-10-2-4-11(14)5-3-10/h2-5,9,12,18H,6-8,14H2,1H3. The minimum absolute atomic E-state index is 0.200. The summed E-state index contributed by atoms with van der Waals surface area (Å²) in [5, 5.41) is 0.254. The Labute approximate surface area is 113 Å². The number of nitrogens with two attached hydrogens (primary N) is 1. The summed E-state index contributed by atoms with van der Waals surface area (Å²) in [4.78, 5) is 13.6. The minimum Gasteiger partial charge on any atom is -0.445 e. The van der Waals surface area contributed by atoms with Crippen LogP contribution in [0.1, 0.15) is 18.9 Å². The zero-order valence-corrected chi connectivity index (χ0v) is 11.3. The molecule has 98 valence electrons. The van der Waals surface area contributed by atoms with Gasteiger partial charge in [0.2, 0.25) is 0 Å². The van der Waals surface area contributed by atoms with E-state index in [1.807, 2.05) is 19.1 Å². The predicted molar refractivity (Wildman–Crippen MR) is 74.6 cm³/mol. The fraction of sp³-hybridized carbons (Fsp3) is 0.462. The summed E-state index contributed by atoms with van der Waals surface area (Å²) in [6.45, 7) is 2.95. The molecule has 0 bridgehead atoms. The van der Waals surface area contributed by atoms with Crippen LogP contribution in [0.2, 0.25) is 0 Å². The highest BCUT2D eigenvalue weighted by atomic mass is 32.1. The van der Waals surface area contributed by atoms with E-state index in [1.54, 1.807) is 17.0 Å². The normalized spacial score (nSPS) is 23.1. The van der Waals surface area contributed by atoms with E-state index in [9.17, 15) is 4.79 Å². The van der Waals surface area contributed by atoms with Gasteiger partial charge in [-0.25, -0.2) is 4.79 Å². The van der Waals surface area contributed by atoms with Gasteiger partial charge in [0.1, 0.15) is 6.61 Å². The molecule has 18 heavy (non-hydrogen) atoms. The molecule has 0 spiro atoms. The topological polar surface area (TPSA) is 55.6 Å². The SMILES string of the molecule is CC1CC(S)CN1C(=O)OCc1ccc(N)cc1. The maximum atomic E-state index is 11.9. The van der Waals surface area contributed by atoms with E-state index in [2.05, 4.69) is 12.6 Å². The summed E-state index contributed by atoms with van der Waals surface area (Å²) in [6, 6.07) is 7.51. The average Bonchev–Trinajstić information content (AvgIpc) is 2.67. The molecule has 1 aliphatic heterocycles. The first kappa shape index (κ1) is 13.1. The van der Waals surface area contributed by atoms with Gasteiger partial charge < -0.3 is 15.4 Å². The molecule has 1 aliphatic rings. The highest BCUT2D eigenvalue weighted by Gasteiger charge is 2.31. The third-order valence-electron chi connectivity index (χ3n) is 3.13. The number of nitrogen functional groups attached to an aromatic ring is 1. The van der Waals surface area contributed by atoms with E-state index >= 15 is 0 Å². The lowest BCUT2D eigenvalue weighted by molar-refractivity contribution is 0.0945. The molecule has 2 rings (SSSR count). The van der Waals surface area contributed by atoms with Crippen LogP contribution in [0.15, 0.2) is 24.3 Å². The number of rotatable bonds is 2. The summed E-state index contributed by atoms with van der Waals surface area (Å²) in [5.74, 6) is 0. The number of likely N-dealkylation sites (tertiary alicyclic amines) is 1. The van der Waals surface area contributed by atoms with Crippen molar-refractivity contribution in [1.29, 1.82) is 0 Å². The van der Waals surface area contributed by atoms with Gasteiger partial charge in [-0.15, -0.1) is 0 Å². The fourth-order valence-corrected chi connectivity index (χ4v) is 2.58. The Balaban J connectivity index is 1.86. The lowest BCUT2D eigenvalue weighted by atomic mass is 10.2. The Morgan fingerprint density at radius 3 is 2.72 bits per heavy atom. The number of nitrogens with zero attached hydrogens (tertiary/aromatic N) is 1. The number of ether oxygens (including phenoxy) is 1. The third-order valence-corrected chi connectivity index (χ3v) is 3.50. The van der Waals surface area contributed by atoms with Crippen LogP contribution >= 0.6 is 12.6 Å². The van der Waals surface area contributed by atoms with Crippen LogP contribution < -0.4 is 5.73 Å². The molecule has 0 radical (unpaired) electrons. The zero-order chi connectivity index (χ0) is 13.1. The van der Waals surface area contributed by atoms with Crippen LogP contribution in [0.4, 0.5) is 10.5 Å². The number of anilines is 1. The number of thiol groups is 1. The van der Waals surface area contributed by atoms with Crippen LogP contribution in [-0.4, -0.2) is 28.8 Å².